The minimum atomic E-state index is -0.754. The van der Waals surface area contributed by atoms with Gasteiger partial charge in [0.1, 0.15) is 17.6 Å². The second kappa shape index (κ2) is 13.4. The number of hydrogen-bond acceptors (Lipinski definition) is 3. The summed E-state index contributed by atoms with van der Waals surface area (Å²) in [5.74, 6) is -0.299. The molecule has 1 atom stereocenters. The van der Waals surface area contributed by atoms with Crippen molar-refractivity contribution in [3.05, 3.63) is 99.8 Å². The smallest absolute Gasteiger partial charge is 0.261 e. The van der Waals surface area contributed by atoms with Crippen molar-refractivity contribution in [3.63, 3.8) is 0 Å². The number of carbonyl (C=O) groups is 2. The standard InChI is InChI=1S/C33H38BrFN2O3/c1-33(2,3)25-15-18-30(28(34)20-25)40-22-31(38)37(21-24-13-16-26(35)17-14-24)29(19-23-9-5-4-6-10-23)32(39)36-27-11-7-8-12-27/h4-6,9-10,13-18,20,27,29H,7-8,11-12,19,21-22H2,1-3H3,(H,36,39)/t29-/m0/s1. The van der Waals surface area contributed by atoms with Gasteiger partial charge in [-0.3, -0.25) is 9.59 Å². The van der Waals surface area contributed by atoms with Crippen molar-refractivity contribution >= 4 is 27.7 Å². The van der Waals surface area contributed by atoms with Gasteiger partial charge in [0, 0.05) is 19.0 Å². The molecule has 0 spiro atoms. The van der Waals surface area contributed by atoms with E-state index in [0.717, 1.165) is 46.8 Å². The molecule has 40 heavy (non-hydrogen) atoms. The minimum Gasteiger partial charge on any atom is -0.483 e. The third kappa shape index (κ3) is 8.17. The van der Waals surface area contributed by atoms with Crippen molar-refractivity contribution in [1.29, 1.82) is 0 Å². The zero-order valence-corrected chi connectivity index (χ0v) is 25.0. The van der Waals surface area contributed by atoms with Crippen LogP contribution in [0.3, 0.4) is 0 Å². The van der Waals surface area contributed by atoms with Crippen molar-refractivity contribution in [1.82, 2.24) is 10.2 Å². The van der Waals surface area contributed by atoms with E-state index in [9.17, 15) is 14.0 Å². The second-order valence-electron chi connectivity index (χ2n) is 11.5. The van der Waals surface area contributed by atoms with Crippen LogP contribution in [0.1, 0.15) is 63.1 Å². The highest BCUT2D eigenvalue weighted by Crippen LogP contribution is 2.31. The van der Waals surface area contributed by atoms with Gasteiger partial charge in [0.05, 0.1) is 4.47 Å². The lowest BCUT2D eigenvalue weighted by molar-refractivity contribution is -0.143. The average Bonchev–Trinajstić information content (AvgIpc) is 3.44. The summed E-state index contributed by atoms with van der Waals surface area (Å²) in [6, 6.07) is 20.9. The Labute approximate surface area is 245 Å². The Bertz CT molecular complexity index is 1290. The van der Waals surface area contributed by atoms with E-state index in [4.69, 9.17) is 4.74 Å². The summed E-state index contributed by atoms with van der Waals surface area (Å²) in [7, 11) is 0. The Morgan fingerprint density at radius 3 is 2.30 bits per heavy atom. The Balaban J connectivity index is 1.60. The molecule has 0 radical (unpaired) electrons. The van der Waals surface area contributed by atoms with E-state index in [1.165, 1.54) is 12.1 Å². The lowest BCUT2D eigenvalue weighted by Gasteiger charge is -2.32. The van der Waals surface area contributed by atoms with Gasteiger partial charge >= 0.3 is 0 Å². The molecule has 4 rings (SSSR count). The molecule has 1 aliphatic carbocycles. The van der Waals surface area contributed by atoms with Crippen LogP contribution in [-0.2, 0) is 28.0 Å². The SMILES string of the molecule is CC(C)(C)c1ccc(OCC(=O)N(Cc2ccc(F)cc2)[C@@H](Cc2ccccc2)C(=O)NC2CCCC2)c(Br)c1. The molecule has 0 aliphatic heterocycles. The number of nitrogens with one attached hydrogen (secondary N) is 1. The van der Waals surface area contributed by atoms with Gasteiger partial charge in [0.15, 0.2) is 6.61 Å². The van der Waals surface area contributed by atoms with Crippen LogP contribution in [-0.4, -0.2) is 35.4 Å². The van der Waals surface area contributed by atoms with E-state index in [2.05, 4.69) is 42.0 Å². The molecule has 1 aliphatic rings. The number of rotatable bonds is 10. The third-order valence-corrected chi connectivity index (χ3v) is 8.01. The van der Waals surface area contributed by atoms with Gasteiger partial charge in [0.2, 0.25) is 5.91 Å². The van der Waals surface area contributed by atoms with Crippen LogP contribution in [0.5, 0.6) is 5.75 Å². The summed E-state index contributed by atoms with van der Waals surface area (Å²) in [5.41, 5.74) is 2.80. The molecule has 7 heteroatoms. The zero-order chi connectivity index (χ0) is 28.7. The lowest BCUT2D eigenvalue weighted by Crippen LogP contribution is -2.53. The Morgan fingerprint density at radius 2 is 1.68 bits per heavy atom. The fourth-order valence-electron chi connectivity index (χ4n) is 5.01. The summed E-state index contributed by atoms with van der Waals surface area (Å²) in [6.45, 7) is 6.32. The first-order valence-electron chi connectivity index (χ1n) is 13.9. The van der Waals surface area contributed by atoms with Crippen molar-refractivity contribution < 1.29 is 18.7 Å². The second-order valence-corrected chi connectivity index (χ2v) is 12.4. The molecule has 0 heterocycles. The minimum absolute atomic E-state index is 0.0276. The molecule has 1 N–H and O–H groups in total. The topological polar surface area (TPSA) is 58.6 Å². The van der Waals surface area contributed by atoms with Gasteiger partial charge in [0.25, 0.3) is 5.91 Å². The van der Waals surface area contributed by atoms with E-state index in [1.807, 2.05) is 48.5 Å². The molecular formula is C33H38BrFN2O3. The van der Waals surface area contributed by atoms with E-state index in [-0.39, 0.29) is 42.2 Å². The summed E-state index contributed by atoms with van der Waals surface area (Å²) in [5, 5.41) is 3.19. The molecule has 1 fully saturated rings. The highest BCUT2D eigenvalue weighted by molar-refractivity contribution is 9.10. The van der Waals surface area contributed by atoms with Crippen LogP contribution in [0, 0.1) is 5.82 Å². The quantitative estimate of drug-likeness (QED) is 0.270. The summed E-state index contributed by atoms with van der Waals surface area (Å²) in [6.07, 6.45) is 4.41. The van der Waals surface area contributed by atoms with Crippen molar-refractivity contribution in [2.75, 3.05) is 6.61 Å². The maximum atomic E-state index is 13.8. The van der Waals surface area contributed by atoms with Crippen molar-refractivity contribution in [2.24, 2.45) is 0 Å². The number of amides is 2. The molecular weight excluding hydrogens is 571 g/mol. The monoisotopic (exact) mass is 608 g/mol. The van der Waals surface area contributed by atoms with Crippen molar-refractivity contribution in [3.8, 4) is 5.75 Å². The first kappa shape index (κ1) is 29.8. The first-order valence-corrected chi connectivity index (χ1v) is 14.7. The Kier molecular flexibility index (Phi) is 10.0. The van der Waals surface area contributed by atoms with E-state index in [0.29, 0.717) is 12.2 Å². The molecule has 1 saturated carbocycles. The predicted octanol–water partition coefficient (Wildman–Crippen LogP) is 6.96. The maximum Gasteiger partial charge on any atom is 0.261 e. The number of benzene rings is 3. The maximum absolute atomic E-state index is 13.8. The van der Waals surface area contributed by atoms with Crippen molar-refractivity contribution in [2.45, 2.75) is 76.9 Å². The van der Waals surface area contributed by atoms with Gasteiger partial charge in [-0.05, 0) is 75.1 Å². The summed E-state index contributed by atoms with van der Waals surface area (Å²) < 4.78 is 20.4. The number of halogens is 2. The van der Waals surface area contributed by atoms with Crippen LogP contribution in [0.15, 0.2) is 77.3 Å². The number of ether oxygens (including phenoxy) is 1. The van der Waals surface area contributed by atoms with Crippen LogP contribution >= 0.6 is 15.9 Å². The lowest BCUT2D eigenvalue weighted by atomic mass is 9.87. The molecule has 2 amide bonds. The normalized spacial score (nSPS) is 14.5. The van der Waals surface area contributed by atoms with Gasteiger partial charge in [-0.2, -0.15) is 0 Å². The van der Waals surface area contributed by atoms with Gasteiger partial charge in [-0.25, -0.2) is 4.39 Å². The fraction of sp³-hybridized carbons (Fsp3) is 0.394. The van der Waals surface area contributed by atoms with Gasteiger partial charge in [-0.1, -0.05) is 82.1 Å². The van der Waals surface area contributed by atoms with Crippen LogP contribution in [0.25, 0.3) is 0 Å². The molecule has 0 bridgehead atoms. The number of nitrogens with zero attached hydrogens (tertiary/aromatic N) is 1. The number of carbonyl (C=O) groups excluding carboxylic acids is 2. The third-order valence-electron chi connectivity index (χ3n) is 7.39. The molecule has 0 saturated heterocycles. The Hall–Kier alpha value is -3.19. The highest BCUT2D eigenvalue weighted by Gasteiger charge is 2.32. The molecule has 3 aromatic carbocycles. The van der Waals surface area contributed by atoms with Crippen LogP contribution < -0.4 is 10.1 Å². The van der Waals surface area contributed by atoms with Crippen LogP contribution in [0.4, 0.5) is 4.39 Å². The number of hydrogen-bond donors (Lipinski definition) is 1. The van der Waals surface area contributed by atoms with E-state index >= 15 is 0 Å². The molecule has 0 unspecified atom stereocenters. The first-order chi connectivity index (χ1) is 19.1. The van der Waals surface area contributed by atoms with Gasteiger partial charge in [-0.15, -0.1) is 0 Å². The van der Waals surface area contributed by atoms with Crippen LogP contribution in [0.2, 0.25) is 0 Å². The Morgan fingerprint density at radius 1 is 1.00 bits per heavy atom. The molecule has 0 aromatic heterocycles. The summed E-state index contributed by atoms with van der Waals surface area (Å²) in [4.78, 5) is 29.1. The van der Waals surface area contributed by atoms with Gasteiger partial charge < -0.3 is 15.0 Å². The highest BCUT2D eigenvalue weighted by atomic mass is 79.9. The molecule has 3 aromatic rings. The van der Waals surface area contributed by atoms with E-state index < -0.39 is 6.04 Å². The predicted molar refractivity (Wildman–Crippen MR) is 160 cm³/mol. The molecule has 5 nitrogen and oxygen atoms in total. The fourth-order valence-corrected chi connectivity index (χ4v) is 5.51. The molecule has 212 valence electrons. The largest absolute Gasteiger partial charge is 0.483 e. The van der Waals surface area contributed by atoms with E-state index in [1.54, 1.807) is 17.0 Å². The summed E-state index contributed by atoms with van der Waals surface area (Å²) >= 11 is 3.58. The average molecular weight is 610 g/mol. The zero-order valence-electron chi connectivity index (χ0n) is 23.5.